The second-order valence-electron chi connectivity index (χ2n) is 5.31. The smallest absolute Gasteiger partial charge is 0.224 e. The summed E-state index contributed by atoms with van der Waals surface area (Å²) in [5.41, 5.74) is 3.77. The number of anilines is 1. The van der Waals surface area contributed by atoms with E-state index < -0.39 is 0 Å². The average molecular weight is 293 g/mol. The van der Waals surface area contributed by atoms with Crippen LogP contribution in [-0.4, -0.2) is 15.5 Å². The summed E-state index contributed by atoms with van der Waals surface area (Å²) in [6.45, 7) is 2.08. The maximum atomic E-state index is 11.8. The Morgan fingerprint density at radius 3 is 2.77 bits per heavy atom. The zero-order chi connectivity index (χ0) is 15.4. The number of nitrogens with zero attached hydrogens (tertiary/aromatic N) is 2. The molecule has 1 N–H and O–H groups in total. The van der Waals surface area contributed by atoms with Gasteiger partial charge in [0.25, 0.3) is 0 Å². The Labute approximate surface area is 129 Å². The van der Waals surface area contributed by atoms with Crippen molar-refractivity contribution in [2.24, 2.45) is 0 Å². The lowest BCUT2D eigenvalue weighted by molar-refractivity contribution is -0.116. The van der Waals surface area contributed by atoms with E-state index in [1.54, 1.807) is 0 Å². The maximum absolute atomic E-state index is 11.8. The van der Waals surface area contributed by atoms with Crippen molar-refractivity contribution in [3.63, 3.8) is 0 Å². The van der Waals surface area contributed by atoms with Crippen LogP contribution in [0.1, 0.15) is 26.2 Å². The summed E-state index contributed by atoms with van der Waals surface area (Å²) in [6.07, 6.45) is 4.31. The highest BCUT2D eigenvalue weighted by molar-refractivity contribution is 5.93. The van der Waals surface area contributed by atoms with Gasteiger partial charge in [-0.3, -0.25) is 9.36 Å². The number of hydrogen-bond donors (Lipinski definition) is 1. The molecule has 0 bridgehead atoms. The first-order valence-corrected chi connectivity index (χ1v) is 7.60. The summed E-state index contributed by atoms with van der Waals surface area (Å²) in [4.78, 5) is 16.2. The van der Waals surface area contributed by atoms with E-state index in [0.29, 0.717) is 6.42 Å². The van der Waals surface area contributed by atoms with Crippen LogP contribution in [-0.2, 0) is 4.79 Å². The Kier molecular flexibility index (Phi) is 4.19. The van der Waals surface area contributed by atoms with Crippen molar-refractivity contribution in [3.8, 4) is 5.69 Å². The fourth-order valence-electron chi connectivity index (χ4n) is 2.45. The molecule has 0 fully saturated rings. The van der Waals surface area contributed by atoms with Crippen LogP contribution in [0, 0.1) is 0 Å². The number of fused-ring (bicyclic) bond motifs is 1. The van der Waals surface area contributed by atoms with Crippen molar-refractivity contribution >= 4 is 22.6 Å². The van der Waals surface area contributed by atoms with Gasteiger partial charge in [-0.2, -0.15) is 0 Å². The molecule has 0 unspecified atom stereocenters. The standard InChI is InChI=1S/C18H19N3O/c1-2-3-9-18(22)20-14-10-11-17-16(12-14)19-13-21(17)15-7-5-4-6-8-15/h4-8,10-13H,2-3,9H2,1H3,(H,20,22). The molecular weight excluding hydrogens is 274 g/mol. The minimum absolute atomic E-state index is 0.0590. The van der Waals surface area contributed by atoms with Crippen LogP contribution < -0.4 is 5.32 Å². The Hall–Kier alpha value is -2.62. The minimum atomic E-state index is 0.0590. The van der Waals surface area contributed by atoms with Crippen molar-refractivity contribution in [1.29, 1.82) is 0 Å². The molecule has 0 atom stereocenters. The third-order valence-corrected chi connectivity index (χ3v) is 3.62. The molecule has 4 heteroatoms. The zero-order valence-corrected chi connectivity index (χ0v) is 12.6. The summed E-state index contributed by atoms with van der Waals surface area (Å²) in [6, 6.07) is 15.9. The van der Waals surface area contributed by atoms with Gasteiger partial charge in [0, 0.05) is 17.8 Å². The number of para-hydroxylation sites is 1. The number of aromatic nitrogens is 2. The van der Waals surface area contributed by atoms with Gasteiger partial charge in [-0.1, -0.05) is 31.5 Å². The van der Waals surface area contributed by atoms with Gasteiger partial charge >= 0.3 is 0 Å². The van der Waals surface area contributed by atoms with Crippen molar-refractivity contribution in [2.45, 2.75) is 26.2 Å². The lowest BCUT2D eigenvalue weighted by atomic mass is 10.2. The van der Waals surface area contributed by atoms with Crippen LogP contribution in [0.3, 0.4) is 0 Å². The van der Waals surface area contributed by atoms with Gasteiger partial charge in [0.05, 0.1) is 11.0 Å². The Bertz CT molecular complexity index is 777. The number of hydrogen-bond acceptors (Lipinski definition) is 2. The Morgan fingerprint density at radius 2 is 2.00 bits per heavy atom. The molecule has 0 radical (unpaired) electrons. The van der Waals surface area contributed by atoms with Crippen molar-refractivity contribution in [3.05, 3.63) is 54.9 Å². The van der Waals surface area contributed by atoms with E-state index in [9.17, 15) is 4.79 Å². The lowest BCUT2D eigenvalue weighted by Gasteiger charge is -2.06. The average Bonchev–Trinajstić information content (AvgIpc) is 2.97. The molecule has 22 heavy (non-hydrogen) atoms. The van der Waals surface area contributed by atoms with Crippen LogP contribution in [0.2, 0.25) is 0 Å². The van der Waals surface area contributed by atoms with Crippen LogP contribution in [0.4, 0.5) is 5.69 Å². The van der Waals surface area contributed by atoms with Gasteiger partial charge in [0.1, 0.15) is 6.33 Å². The summed E-state index contributed by atoms with van der Waals surface area (Å²) in [5, 5.41) is 2.93. The summed E-state index contributed by atoms with van der Waals surface area (Å²) >= 11 is 0. The second-order valence-corrected chi connectivity index (χ2v) is 5.31. The highest BCUT2D eigenvalue weighted by Gasteiger charge is 2.07. The number of imidazole rings is 1. The molecule has 0 aliphatic carbocycles. The van der Waals surface area contributed by atoms with E-state index in [1.807, 2.05) is 59.4 Å². The molecule has 3 rings (SSSR count). The fourth-order valence-corrected chi connectivity index (χ4v) is 2.45. The first-order chi connectivity index (χ1) is 10.8. The maximum Gasteiger partial charge on any atom is 0.224 e. The van der Waals surface area contributed by atoms with Gasteiger partial charge in [-0.25, -0.2) is 4.98 Å². The number of carbonyl (C=O) groups is 1. The molecule has 0 spiro atoms. The van der Waals surface area contributed by atoms with Crippen LogP contribution >= 0.6 is 0 Å². The molecule has 0 aliphatic rings. The third-order valence-electron chi connectivity index (χ3n) is 3.62. The van der Waals surface area contributed by atoms with Crippen molar-refractivity contribution in [1.82, 2.24) is 9.55 Å². The molecular formula is C18H19N3O. The largest absolute Gasteiger partial charge is 0.326 e. The van der Waals surface area contributed by atoms with E-state index in [1.165, 1.54) is 0 Å². The van der Waals surface area contributed by atoms with E-state index in [4.69, 9.17) is 0 Å². The minimum Gasteiger partial charge on any atom is -0.326 e. The highest BCUT2D eigenvalue weighted by Crippen LogP contribution is 2.21. The van der Waals surface area contributed by atoms with E-state index in [-0.39, 0.29) is 5.91 Å². The molecule has 1 amide bonds. The second kappa shape index (κ2) is 6.43. The van der Waals surface area contributed by atoms with Gasteiger partial charge in [-0.05, 0) is 36.8 Å². The molecule has 1 heterocycles. The summed E-state index contributed by atoms with van der Waals surface area (Å²) in [7, 11) is 0. The number of amides is 1. The quantitative estimate of drug-likeness (QED) is 0.768. The predicted octanol–water partition coefficient (Wildman–Crippen LogP) is 4.15. The number of nitrogens with one attached hydrogen (secondary N) is 1. The molecule has 0 aliphatic heterocycles. The predicted molar refractivity (Wildman–Crippen MR) is 89.2 cm³/mol. The van der Waals surface area contributed by atoms with Crippen LogP contribution in [0.5, 0.6) is 0 Å². The Balaban J connectivity index is 1.85. The number of carbonyl (C=O) groups excluding carboxylic acids is 1. The van der Waals surface area contributed by atoms with Crippen LogP contribution in [0.25, 0.3) is 16.7 Å². The molecule has 3 aromatic rings. The molecule has 2 aromatic carbocycles. The monoisotopic (exact) mass is 293 g/mol. The summed E-state index contributed by atoms with van der Waals surface area (Å²) < 4.78 is 2.04. The topological polar surface area (TPSA) is 46.9 Å². The van der Waals surface area contributed by atoms with Gasteiger partial charge in [0.2, 0.25) is 5.91 Å². The van der Waals surface area contributed by atoms with E-state index in [2.05, 4.69) is 17.2 Å². The molecule has 112 valence electrons. The fraction of sp³-hybridized carbons (Fsp3) is 0.222. The first-order valence-electron chi connectivity index (χ1n) is 7.60. The number of rotatable bonds is 5. The van der Waals surface area contributed by atoms with E-state index >= 15 is 0 Å². The van der Waals surface area contributed by atoms with E-state index in [0.717, 1.165) is 35.2 Å². The van der Waals surface area contributed by atoms with Crippen LogP contribution in [0.15, 0.2) is 54.9 Å². The van der Waals surface area contributed by atoms with Gasteiger partial charge < -0.3 is 5.32 Å². The third kappa shape index (κ3) is 3.01. The number of benzene rings is 2. The van der Waals surface area contributed by atoms with Crippen molar-refractivity contribution in [2.75, 3.05) is 5.32 Å². The van der Waals surface area contributed by atoms with Gasteiger partial charge in [-0.15, -0.1) is 0 Å². The number of unbranched alkanes of at least 4 members (excludes halogenated alkanes) is 1. The summed E-state index contributed by atoms with van der Waals surface area (Å²) in [5.74, 6) is 0.0590. The lowest BCUT2D eigenvalue weighted by Crippen LogP contribution is -2.10. The zero-order valence-electron chi connectivity index (χ0n) is 12.6. The molecule has 4 nitrogen and oxygen atoms in total. The molecule has 0 saturated carbocycles. The molecule has 1 aromatic heterocycles. The first kappa shape index (κ1) is 14.3. The highest BCUT2D eigenvalue weighted by atomic mass is 16.1. The molecule has 0 saturated heterocycles. The van der Waals surface area contributed by atoms with Crippen molar-refractivity contribution < 1.29 is 4.79 Å². The Morgan fingerprint density at radius 1 is 1.18 bits per heavy atom. The normalized spacial score (nSPS) is 10.8. The SMILES string of the molecule is CCCCC(=O)Nc1ccc2c(c1)ncn2-c1ccccc1. The van der Waals surface area contributed by atoms with Gasteiger partial charge in [0.15, 0.2) is 0 Å².